The third-order valence-electron chi connectivity index (χ3n) is 6.19. The molecule has 0 radical (unpaired) electrons. The molecular weight excluding hydrogens is 431 g/mol. The highest BCUT2D eigenvalue weighted by Gasteiger charge is 2.35. The molecule has 33 heavy (non-hydrogen) atoms. The third kappa shape index (κ3) is 3.57. The molecule has 2 aromatic heterocycles. The Morgan fingerprint density at radius 2 is 2.03 bits per heavy atom. The number of nitrogens with one attached hydrogen (secondary N) is 1. The van der Waals surface area contributed by atoms with Crippen molar-refractivity contribution in [2.24, 2.45) is 0 Å². The van der Waals surface area contributed by atoms with Crippen molar-refractivity contribution < 1.29 is 13.2 Å². The molecule has 0 bridgehead atoms. The molecule has 0 amide bonds. The summed E-state index contributed by atoms with van der Waals surface area (Å²) < 4.78 is 42.4. The first-order valence-electron chi connectivity index (χ1n) is 10.8. The Bertz CT molecular complexity index is 1450. The van der Waals surface area contributed by atoms with Crippen molar-refractivity contribution in [1.82, 2.24) is 24.5 Å². The standard InChI is InChI=1S/C24H22F3N5O/c1-3-5-21-29-30-22-23(33)28-19-12-16(8-9-20(19)32(21)22)14(2)31-11-10-15-6-4-7-18(17(15)13-31)24(25,26)27/h4,6-9,12H,2-3,5,10-11,13H2,1H3,(H,28,33). The Morgan fingerprint density at radius 3 is 2.79 bits per heavy atom. The molecular formula is C24H22F3N5O. The molecule has 2 aromatic carbocycles. The van der Waals surface area contributed by atoms with E-state index in [2.05, 4.69) is 21.8 Å². The fourth-order valence-corrected chi connectivity index (χ4v) is 4.55. The quantitative estimate of drug-likeness (QED) is 0.492. The Hall–Kier alpha value is -3.62. The van der Waals surface area contributed by atoms with Crippen molar-refractivity contribution in [2.45, 2.75) is 38.9 Å². The Labute approximate surface area is 187 Å². The first-order chi connectivity index (χ1) is 15.8. The summed E-state index contributed by atoms with van der Waals surface area (Å²) in [6, 6.07) is 9.88. The van der Waals surface area contributed by atoms with Gasteiger partial charge in [-0.25, -0.2) is 0 Å². The summed E-state index contributed by atoms with van der Waals surface area (Å²) in [6.45, 7) is 6.88. The summed E-state index contributed by atoms with van der Waals surface area (Å²) in [4.78, 5) is 17.2. The SMILES string of the molecule is C=C(c1ccc2c(c1)[nH]c(=O)c1nnc(CCC)n12)N1CCc2cccc(C(F)(F)F)c2C1. The molecule has 0 saturated carbocycles. The highest BCUT2D eigenvalue weighted by atomic mass is 19.4. The number of aryl methyl sites for hydroxylation is 1. The molecule has 9 heteroatoms. The molecule has 1 N–H and O–H groups in total. The van der Waals surface area contributed by atoms with Crippen LogP contribution in [-0.2, 0) is 25.6 Å². The Balaban J connectivity index is 1.53. The Morgan fingerprint density at radius 1 is 1.21 bits per heavy atom. The van der Waals surface area contributed by atoms with Crippen molar-refractivity contribution in [3.05, 3.63) is 81.4 Å². The summed E-state index contributed by atoms with van der Waals surface area (Å²) in [6.07, 6.45) is -2.36. The van der Waals surface area contributed by atoms with E-state index in [0.717, 1.165) is 29.1 Å². The normalized spacial score (nSPS) is 14.1. The zero-order chi connectivity index (χ0) is 23.3. The van der Waals surface area contributed by atoms with Crippen molar-refractivity contribution in [3.63, 3.8) is 0 Å². The van der Waals surface area contributed by atoms with Gasteiger partial charge in [0.2, 0.25) is 5.65 Å². The lowest BCUT2D eigenvalue weighted by atomic mass is 9.93. The van der Waals surface area contributed by atoms with Gasteiger partial charge in [-0.2, -0.15) is 13.2 Å². The van der Waals surface area contributed by atoms with E-state index in [1.807, 2.05) is 24.0 Å². The van der Waals surface area contributed by atoms with Crippen LogP contribution in [0.3, 0.4) is 0 Å². The molecule has 4 aromatic rings. The summed E-state index contributed by atoms with van der Waals surface area (Å²) in [7, 11) is 0. The van der Waals surface area contributed by atoms with Gasteiger partial charge in [-0.3, -0.25) is 9.20 Å². The van der Waals surface area contributed by atoms with Gasteiger partial charge in [0.25, 0.3) is 5.56 Å². The maximum atomic E-state index is 13.5. The van der Waals surface area contributed by atoms with Crippen LogP contribution >= 0.6 is 0 Å². The third-order valence-corrected chi connectivity index (χ3v) is 6.19. The zero-order valence-electron chi connectivity index (χ0n) is 18.0. The lowest BCUT2D eigenvalue weighted by Gasteiger charge is -2.33. The summed E-state index contributed by atoms with van der Waals surface area (Å²) >= 11 is 0. The molecule has 0 aliphatic carbocycles. The molecule has 6 nitrogen and oxygen atoms in total. The number of nitrogens with zero attached hydrogens (tertiary/aromatic N) is 4. The Kier molecular flexibility index (Phi) is 4.99. The summed E-state index contributed by atoms with van der Waals surface area (Å²) in [5, 5.41) is 8.17. The van der Waals surface area contributed by atoms with E-state index in [4.69, 9.17) is 0 Å². The molecule has 1 aliphatic heterocycles. The van der Waals surface area contributed by atoms with Crippen molar-refractivity contribution in [2.75, 3.05) is 6.54 Å². The van der Waals surface area contributed by atoms with Crippen LogP contribution in [0.2, 0.25) is 0 Å². The van der Waals surface area contributed by atoms with Crippen molar-refractivity contribution in [3.8, 4) is 0 Å². The van der Waals surface area contributed by atoms with Crippen molar-refractivity contribution in [1.29, 1.82) is 0 Å². The minimum absolute atomic E-state index is 0.129. The van der Waals surface area contributed by atoms with Gasteiger partial charge in [0.05, 0.1) is 16.6 Å². The van der Waals surface area contributed by atoms with E-state index in [1.165, 1.54) is 6.07 Å². The second-order valence-electron chi connectivity index (χ2n) is 8.27. The predicted molar refractivity (Wildman–Crippen MR) is 120 cm³/mol. The van der Waals surface area contributed by atoms with Crippen LogP contribution in [0.1, 0.15) is 41.4 Å². The smallest absolute Gasteiger partial charge is 0.367 e. The average molecular weight is 453 g/mol. The molecule has 0 fully saturated rings. The minimum atomic E-state index is -4.40. The number of fused-ring (bicyclic) bond motifs is 4. The summed E-state index contributed by atoms with van der Waals surface area (Å²) in [5.74, 6) is 0.711. The molecule has 0 spiro atoms. The van der Waals surface area contributed by atoms with Crippen LogP contribution < -0.4 is 5.56 Å². The van der Waals surface area contributed by atoms with Crippen LogP contribution in [0.15, 0.2) is 47.8 Å². The van der Waals surface area contributed by atoms with Gasteiger partial charge >= 0.3 is 6.18 Å². The number of benzene rings is 2. The van der Waals surface area contributed by atoms with Gasteiger partial charge in [0, 0.05) is 25.2 Å². The summed E-state index contributed by atoms with van der Waals surface area (Å²) in [5.41, 5.74) is 3.01. The van der Waals surface area contributed by atoms with E-state index in [9.17, 15) is 18.0 Å². The van der Waals surface area contributed by atoms with Gasteiger partial charge in [-0.15, -0.1) is 10.2 Å². The maximum Gasteiger partial charge on any atom is 0.416 e. The van der Waals surface area contributed by atoms with Crippen LogP contribution in [0, 0.1) is 0 Å². The fourth-order valence-electron chi connectivity index (χ4n) is 4.55. The molecule has 3 heterocycles. The number of halogens is 3. The van der Waals surface area contributed by atoms with Gasteiger partial charge in [0.1, 0.15) is 5.82 Å². The topological polar surface area (TPSA) is 66.3 Å². The molecule has 0 saturated heterocycles. The van der Waals surface area contributed by atoms with Crippen molar-refractivity contribution >= 4 is 22.4 Å². The van der Waals surface area contributed by atoms with Gasteiger partial charge in [-0.05, 0) is 47.7 Å². The predicted octanol–water partition coefficient (Wildman–Crippen LogP) is 4.57. The number of alkyl halides is 3. The van der Waals surface area contributed by atoms with Crippen LogP contribution in [0.4, 0.5) is 13.2 Å². The maximum absolute atomic E-state index is 13.5. The number of H-pyrrole nitrogens is 1. The minimum Gasteiger partial charge on any atom is -0.367 e. The van der Waals surface area contributed by atoms with Gasteiger partial charge < -0.3 is 9.88 Å². The van der Waals surface area contributed by atoms with E-state index < -0.39 is 11.7 Å². The first kappa shape index (κ1) is 21.2. The van der Waals surface area contributed by atoms with E-state index in [-0.39, 0.29) is 17.8 Å². The number of aromatic amines is 1. The monoisotopic (exact) mass is 453 g/mol. The molecule has 0 atom stereocenters. The second kappa shape index (κ2) is 7.75. The lowest BCUT2D eigenvalue weighted by Crippen LogP contribution is -2.30. The van der Waals surface area contributed by atoms with Gasteiger partial charge in [-0.1, -0.05) is 31.7 Å². The first-order valence-corrected chi connectivity index (χ1v) is 10.8. The molecule has 1 aliphatic rings. The fraction of sp³-hybridized carbons (Fsp3) is 0.292. The van der Waals surface area contributed by atoms with E-state index in [0.29, 0.717) is 42.0 Å². The number of rotatable bonds is 4. The number of aromatic nitrogens is 4. The lowest BCUT2D eigenvalue weighted by molar-refractivity contribution is -0.138. The largest absolute Gasteiger partial charge is 0.416 e. The van der Waals surface area contributed by atoms with Crippen LogP contribution in [0.25, 0.3) is 22.4 Å². The average Bonchev–Trinajstić information content (AvgIpc) is 3.22. The number of hydrogen-bond donors (Lipinski definition) is 1. The molecule has 0 unspecified atom stereocenters. The van der Waals surface area contributed by atoms with Crippen LogP contribution in [0.5, 0.6) is 0 Å². The zero-order valence-corrected chi connectivity index (χ0v) is 18.0. The van der Waals surface area contributed by atoms with E-state index >= 15 is 0 Å². The number of hydrogen-bond acceptors (Lipinski definition) is 4. The van der Waals surface area contributed by atoms with E-state index in [1.54, 1.807) is 16.5 Å². The van der Waals surface area contributed by atoms with Gasteiger partial charge in [0.15, 0.2) is 0 Å². The highest BCUT2D eigenvalue weighted by Crippen LogP contribution is 2.37. The highest BCUT2D eigenvalue weighted by molar-refractivity contribution is 5.82. The molecule has 170 valence electrons. The second-order valence-corrected chi connectivity index (χ2v) is 8.27. The van der Waals surface area contributed by atoms with Crippen LogP contribution in [-0.4, -0.2) is 31.0 Å². The molecule has 5 rings (SSSR count).